The Balaban J connectivity index is 1.68. The van der Waals surface area contributed by atoms with E-state index in [1.165, 1.54) is 11.1 Å². The molecule has 1 fully saturated rings. The lowest BCUT2D eigenvalue weighted by molar-refractivity contribution is 0.342. The van der Waals surface area contributed by atoms with Crippen LogP contribution in [0.2, 0.25) is 0 Å². The van der Waals surface area contributed by atoms with Crippen LogP contribution in [0.5, 0.6) is 0 Å². The van der Waals surface area contributed by atoms with Crippen molar-refractivity contribution in [2.45, 2.75) is 24.9 Å². The number of nitrogens with one attached hydrogen (secondary N) is 4. The molecule has 2 unspecified atom stereocenters. The molecule has 4 nitrogen and oxygen atoms in total. The number of benzene rings is 1. The maximum absolute atomic E-state index is 3.73. The Kier molecular flexibility index (Phi) is 5.03. The van der Waals surface area contributed by atoms with Crippen LogP contribution in [-0.2, 0) is 12.8 Å². The lowest BCUT2D eigenvalue weighted by Crippen LogP contribution is -2.55. The highest BCUT2D eigenvalue weighted by Crippen LogP contribution is 2.21. The summed E-state index contributed by atoms with van der Waals surface area (Å²) >= 11 is 0. The highest BCUT2D eigenvalue weighted by molar-refractivity contribution is 5.32. The molecule has 0 radical (unpaired) electrons. The Morgan fingerprint density at radius 2 is 1.10 bits per heavy atom. The summed E-state index contributed by atoms with van der Waals surface area (Å²) in [5, 5.41) is 14.4. The molecule has 3 rings (SSSR count). The second-order valence-corrected chi connectivity index (χ2v) is 5.80. The zero-order chi connectivity index (χ0) is 13.6. The maximum Gasteiger partial charge on any atom is 0.0265 e. The van der Waals surface area contributed by atoms with Crippen molar-refractivity contribution in [1.82, 2.24) is 21.3 Å². The van der Waals surface area contributed by atoms with Gasteiger partial charge in [-0.2, -0.15) is 0 Å². The van der Waals surface area contributed by atoms with Gasteiger partial charge in [-0.25, -0.2) is 0 Å². The molecular weight excluding hydrogens is 248 g/mol. The molecular formula is C16H26N4. The lowest BCUT2D eigenvalue weighted by Gasteiger charge is -2.35. The Hall–Kier alpha value is -0.940. The van der Waals surface area contributed by atoms with E-state index in [1.54, 1.807) is 0 Å². The minimum Gasteiger partial charge on any atom is -0.314 e. The predicted octanol–water partition coefficient (Wildman–Crippen LogP) is -0.106. The van der Waals surface area contributed by atoms with E-state index in [1.807, 2.05) is 0 Å². The monoisotopic (exact) mass is 274 g/mol. The molecule has 0 saturated carbocycles. The number of rotatable bonds is 0. The van der Waals surface area contributed by atoms with Crippen LogP contribution in [0, 0.1) is 0 Å². The zero-order valence-corrected chi connectivity index (χ0v) is 12.1. The van der Waals surface area contributed by atoms with Crippen LogP contribution >= 0.6 is 0 Å². The van der Waals surface area contributed by atoms with Gasteiger partial charge in [-0.05, 0) is 24.0 Å². The molecule has 4 heteroatoms. The van der Waals surface area contributed by atoms with E-state index >= 15 is 0 Å². The minimum absolute atomic E-state index is 0.547. The van der Waals surface area contributed by atoms with Gasteiger partial charge in [0.05, 0.1) is 0 Å². The van der Waals surface area contributed by atoms with Gasteiger partial charge in [0.2, 0.25) is 0 Å². The van der Waals surface area contributed by atoms with Gasteiger partial charge in [0.15, 0.2) is 0 Å². The van der Waals surface area contributed by atoms with Crippen molar-refractivity contribution in [3.8, 4) is 0 Å². The first kappa shape index (κ1) is 14.0. The fraction of sp³-hybridized carbons (Fsp3) is 0.625. The van der Waals surface area contributed by atoms with E-state index in [9.17, 15) is 0 Å². The Morgan fingerprint density at radius 3 is 1.60 bits per heavy atom. The predicted molar refractivity (Wildman–Crippen MR) is 83.2 cm³/mol. The van der Waals surface area contributed by atoms with E-state index in [4.69, 9.17) is 0 Å². The summed E-state index contributed by atoms with van der Waals surface area (Å²) in [4.78, 5) is 0. The molecule has 0 spiro atoms. The molecule has 2 aliphatic rings. The van der Waals surface area contributed by atoms with Gasteiger partial charge in [0.25, 0.3) is 0 Å². The minimum atomic E-state index is 0.547. The van der Waals surface area contributed by atoms with Crippen molar-refractivity contribution in [1.29, 1.82) is 0 Å². The third kappa shape index (κ3) is 3.58. The molecule has 1 saturated heterocycles. The summed E-state index contributed by atoms with van der Waals surface area (Å²) in [5.41, 5.74) is 3.03. The van der Waals surface area contributed by atoms with Crippen molar-refractivity contribution in [3.05, 3.63) is 35.4 Å². The van der Waals surface area contributed by atoms with Crippen LogP contribution in [0.4, 0.5) is 0 Å². The summed E-state index contributed by atoms with van der Waals surface area (Å²) in [6.45, 7) is 6.30. The lowest BCUT2D eigenvalue weighted by atomic mass is 9.84. The van der Waals surface area contributed by atoms with E-state index in [2.05, 4.69) is 45.5 Å². The summed E-state index contributed by atoms with van der Waals surface area (Å²) in [7, 11) is 0. The molecule has 1 aromatic rings. The molecule has 0 bridgehead atoms. The zero-order valence-electron chi connectivity index (χ0n) is 12.1. The first-order valence-corrected chi connectivity index (χ1v) is 7.88. The third-order valence-electron chi connectivity index (χ3n) is 4.38. The van der Waals surface area contributed by atoms with Crippen molar-refractivity contribution in [2.24, 2.45) is 0 Å². The van der Waals surface area contributed by atoms with Crippen molar-refractivity contribution >= 4 is 0 Å². The fourth-order valence-electron chi connectivity index (χ4n) is 3.26. The normalized spacial score (nSPS) is 28.6. The third-order valence-corrected chi connectivity index (χ3v) is 4.38. The topological polar surface area (TPSA) is 48.1 Å². The molecule has 1 aliphatic heterocycles. The van der Waals surface area contributed by atoms with Crippen LogP contribution < -0.4 is 21.3 Å². The molecule has 0 amide bonds. The van der Waals surface area contributed by atoms with Crippen LogP contribution in [0.25, 0.3) is 0 Å². The van der Waals surface area contributed by atoms with E-state index < -0.39 is 0 Å². The van der Waals surface area contributed by atoms with E-state index in [0.29, 0.717) is 12.1 Å². The Morgan fingerprint density at radius 1 is 0.650 bits per heavy atom. The average molecular weight is 274 g/mol. The van der Waals surface area contributed by atoms with Gasteiger partial charge in [-0.15, -0.1) is 0 Å². The van der Waals surface area contributed by atoms with E-state index in [0.717, 1.165) is 52.1 Å². The van der Waals surface area contributed by atoms with Gasteiger partial charge in [0, 0.05) is 51.4 Å². The molecule has 1 heterocycles. The van der Waals surface area contributed by atoms with Gasteiger partial charge in [0.1, 0.15) is 0 Å². The second kappa shape index (κ2) is 7.18. The van der Waals surface area contributed by atoms with Crippen LogP contribution in [-0.4, -0.2) is 51.4 Å². The SMILES string of the molecule is c1ccc2c(c1)CC1NCCNCCNCCNC1C2. The molecule has 0 aromatic heterocycles. The summed E-state index contributed by atoms with van der Waals surface area (Å²) in [6, 6.07) is 9.98. The van der Waals surface area contributed by atoms with Gasteiger partial charge in [-0.1, -0.05) is 24.3 Å². The Bertz CT molecular complexity index is 382. The molecule has 20 heavy (non-hydrogen) atoms. The van der Waals surface area contributed by atoms with Crippen LogP contribution in [0.3, 0.4) is 0 Å². The molecule has 1 aliphatic carbocycles. The molecule has 4 N–H and O–H groups in total. The maximum atomic E-state index is 3.73. The number of hydrogen-bond acceptors (Lipinski definition) is 4. The molecule has 2 atom stereocenters. The van der Waals surface area contributed by atoms with Gasteiger partial charge in [-0.3, -0.25) is 0 Å². The smallest absolute Gasteiger partial charge is 0.0265 e. The van der Waals surface area contributed by atoms with Crippen molar-refractivity contribution < 1.29 is 0 Å². The molecule has 1 aromatic carbocycles. The van der Waals surface area contributed by atoms with Crippen LogP contribution in [0.1, 0.15) is 11.1 Å². The number of fused-ring (bicyclic) bond motifs is 2. The fourth-order valence-corrected chi connectivity index (χ4v) is 3.26. The largest absolute Gasteiger partial charge is 0.314 e. The van der Waals surface area contributed by atoms with Crippen molar-refractivity contribution in [3.63, 3.8) is 0 Å². The Labute approximate surface area is 121 Å². The highest BCUT2D eigenvalue weighted by atomic mass is 15.1. The highest BCUT2D eigenvalue weighted by Gasteiger charge is 2.27. The molecule has 110 valence electrons. The first-order chi connectivity index (χ1) is 9.93. The standard InChI is InChI=1S/C16H26N4/c1-2-4-14-12-16-15(11-13(14)3-1)19-9-7-17-5-6-18-8-10-20-16/h1-4,15-20H,5-12H2. The van der Waals surface area contributed by atoms with Crippen LogP contribution in [0.15, 0.2) is 24.3 Å². The number of hydrogen-bond donors (Lipinski definition) is 4. The van der Waals surface area contributed by atoms with Crippen molar-refractivity contribution in [2.75, 3.05) is 39.3 Å². The summed E-state index contributed by atoms with van der Waals surface area (Å²) in [5.74, 6) is 0. The second-order valence-electron chi connectivity index (χ2n) is 5.80. The van der Waals surface area contributed by atoms with E-state index in [-0.39, 0.29) is 0 Å². The summed E-state index contributed by atoms with van der Waals surface area (Å²) < 4.78 is 0. The quantitative estimate of drug-likeness (QED) is 0.533. The summed E-state index contributed by atoms with van der Waals surface area (Å²) in [6.07, 6.45) is 2.28. The van der Waals surface area contributed by atoms with Gasteiger partial charge >= 0.3 is 0 Å². The first-order valence-electron chi connectivity index (χ1n) is 7.88. The average Bonchev–Trinajstić information content (AvgIpc) is 2.47. The van der Waals surface area contributed by atoms with Gasteiger partial charge < -0.3 is 21.3 Å².